The first-order valence-electron chi connectivity index (χ1n) is 7.44. The van der Waals surface area contributed by atoms with E-state index >= 15 is 0 Å². The van der Waals surface area contributed by atoms with Crippen LogP contribution in [0.15, 0.2) is 9.59 Å². The highest BCUT2D eigenvalue weighted by molar-refractivity contribution is 5.71. The highest BCUT2D eigenvalue weighted by Gasteiger charge is 2.18. The highest BCUT2D eigenvalue weighted by Crippen LogP contribution is 2.11. The minimum atomic E-state index is -0.421. The van der Waals surface area contributed by atoms with Gasteiger partial charge in [0, 0.05) is 27.2 Å². The van der Waals surface area contributed by atoms with E-state index in [1.54, 1.807) is 11.6 Å². The van der Waals surface area contributed by atoms with Crippen LogP contribution in [0, 0.1) is 0 Å². The van der Waals surface area contributed by atoms with Gasteiger partial charge in [-0.3, -0.25) is 13.9 Å². The van der Waals surface area contributed by atoms with Gasteiger partial charge in [-0.2, -0.15) is 0 Å². The maximum Gasteiger partial charge on any atom is 0.332 e. The predicted octanol–water partition coefficient (Wildman–Crippen LogP) is -0.732. The van der Waals surface area contributed by atoms with E-state index < -0.39 is 5.69 Å². The molecule has 0 aliphatic carbocycles. The largest absolute Gasteiger partial charge is 0.388 e. The minimum Gasteiger partial charge on any atom is -0.388 e. The number of nitrogens with zero attached hydrogens (tertiary/aromatic N) is 5. The van der Waals surface area contributed by atoms with Crippen LogP contribution in [0.1, 0.15) is 19.7 Å². The maximum absolute atomic E-state index is 12.4. The Balaban J connectivity index is 2.62. The zero-order chi connectivity index (χ0) is 16.4. The lowest BCUT2D eigenvalue weighted by molar-refractivity contribution is 0.255. The Morgan fingerprint density at radius 2 is 1.77 bits per heavy atom. The van der Waals surface area contributed by atoms with Crippen molar-refractivity contribution < 1.29 is 5.11 Å². The third-order valence-corrected chi connectivity index (χ3v) is 4.10. The van der Waals surface area contributed by atoms with Crippen molar-refractivity contribution in [2.24, 2.45) is 14.1 Å². The summed E-state index contributed by atoms with van der Waals surface area (Å²) in [7, 11) is 3.03. The van der Waals surface area contributed by atoms with E-state index in [0.717, 1.165) is 24.2 Å². The molecule has 0 fully saturated rings. The van der Waals surface area contributed by atoms with Crippen LogP contribution in [0.5, 0.6) is 0 Å². The Bertz CT molecular complexity index is 782. The van der Waals surface area contributed by atoms with Gasteiger partial charge in [-0.25, -0.2) is 9.78 Å². The summed E-state index contributed by atoms with van der Waals surface area (Å²) >= 11 is 0. The fourth-order valence-corrected chi connectivity index (χ4v) is 2.63. The van der Waals surface area contributed by atoms with Crippen LogP contribution < -0.4 is 11.2 Å². The van der Waals surface area contributed by atoms with Crippen molar-refractivity contribution in [3.8, 4) is 0 Å². The van der Waals surface area contributed by atoms with E-state index in [0.29, 0.717) is 23.5 Å². The number of hydrogen-bond acceptors (Lipinski definition) is 5. The van der Waals surface area contributed by atoms with Gasteiger partial charge in [-0.05, 0) is 13.1 Å². The molecule has 8 heteroatoms. The van der Waals surface area contributed by atoms with Gasteiger partial charge in [0.1, 0.15) is 12.4 Å². The number of fused-ring (bicyclic) bond motifs is 1. The molecule has 0 saturated heterocycles. The van der Waals surface area contributed by atoms with Gasteiger partial charge in [0.15, 0.2) is 11.2 Å². The third kappa shape index (κ3) is 2.59. The van der Waals surface area contributed by atoms with Crippen molar-refractivity contribution in [2.75, 3.05) is 19.6 Å². The van der Waals surface area contributed by atoms with E-state index in [2.05, 4.69) is 23.7 Å². The number of aliphatic hydroxyl groups is 1. The molecule has 2 rings (SSSR count). The van der Waals surface area contributed by atoms with Crippen molar-refractivity contribution >= 4 is 11.2 Å². The van der Waals surface area contributed by atoms with E-state index in [1.807, 2.05) is 0 Å². The molecule has 8 nitrogen and oxygen atoms in total. The molecule has 0 aliphatic heterocycles. The lowest BCUT2D eigenvalue weighted by Gasteiger charge is -2.19. The first-order chi connectivity index (χ1) is 10.5. The first kappa shape index (κ1) is 16.4. The van der Waals surface area contributed by atoms with Gasteiger partial charge in [-0.15, -0.1) is 0 Å². The van der Waals surface area contributed by atoms with Crippen molar-refractivity contribution in [3.63, 3.8) is 0 Å². The van der Waals surface area contributed by atoms with Gasteiger partial charge in [0.2, 0.25) is 0 Å². The van der Waals surface area contributed by atoms with Crippen LogP contribution in [0.3, 0.4) is 0 Å². The average Bonchev–Trinajstić information content (AvgIpc) is 2.90. The van der Waals surface area contributed by atoms with Crippen molar-refractivity contribution in [1.29, 1.82) is 0 Å². The van der Waals surface area contributed by atoms with Crippen LogP contribution in [0.4, 0.5) is 0 Å². The molecule has 2 aromatic heterocycles. The molecular formula is C14H23N5O3. The minimum absolute atomic E-state index is 0.274. The zero-order valence-corrected chi connectivity index (χ0v) is 13.5. The molecule has 0 bridgehead atoms. The SMILES string of the molecule is CCN(CC)CCn1c(CO)nc2c1c(=O)n(C)c(=O)n2C. The second-order valence-electron chi connectivity index (χ2n) is 5.24. The number of aryl methyl sites for hydroxylation is 1. The highest BCUT2D eigenvalue weighted by atomic mass is 16.3. The topological polar surface area (TPSA) is 85.3 Å². The number of aromatic nitrogens is 4. The molecule has 2 heterocycles. The number of aliphatic hydroxyl groups excluding tert-OH is 1. The predicted molar refractivity (Wildman–Crippen MR) is 83.9 cm³/mol. The molecule has 2 aromatic rings. The fourth-order valence-electron chi connectivity index (χ4n) is 2.63. The monoisotopic (exact) mass is 309 g/mol. The summed E-state index contributed by atoms with van der Waals surface area (Å²) in [6.07, 6.45) is 0. The molecule has 1 N–H and O–H groups in total. The number of likely N-dealkylation sites (N-methyl/N-ethyl adjacent to an activating group) is 1. The second kappa shape index (κ2) is 6.45. The third-order valence-electron chi connectivity index (χ3n) is 4.10. The molecule has 0 radical (unpaired) electrons. The molecular weight excluding hydrogens is 286 g/mol. The summed E-state index contributed by atoms with van der Waals surface area (Å²) in [5.74, 6) is 0.403. The zero-order valence-electron chi connectivity index (χ0n) is 13.5. The van der Waals surface area contributed by atoms with Crippen molar-refractivity contribution in [1.82, 2.24) is 23.6 Å². The van der Waals surface area contributed by atoms with Gasteiger partial charge in [0.05, 0.1) is 0 Å². The smallest absolute Gasteiger partial charge is 0.332 e. The standard InChI is InChI=1S/C14H23N5O3/c1-5-18(6-2)7-8-19-10(9-20)15-12-11(19)13(21)17(4)14(22)16(12)3/h20H,5-9H2,1-4H3. The Morgan fingerprint density at radius 1 is 1.14 bits per heavy atom. The Labute approximate surface area is 128 Å². The summed E-state index contributed by atoms with van der Waals surface area (Å²) in [5, 5.41) is 9.53. The van der Waals surface area contributed by atoms with E-state index in [1.165, 1.54) is 11.6 Å². The molecule has 0 unspecified atom stereocenters. The van der Waals surface area contributed by atoms with Crippen LogP contribution in [-0.4, -0.2) is 48.3 Å². The second-order valence-corrected chi connectivity index (χ2v) is 5.24. The molecule has 0 aromatic carbocycles. The van der Waals surface area contributed by atoms with Gasteiger partial charge < -0.3 is 14.6 Å². The van der Waals surface area contributed by atoms with Crippen molar-refractivity contribution in [3.05, 3.63) is 26.7 Å². The van der Waals surface area contributed by atoms with E-state index in [9.17, 15) is 14.7 Å². The number of hydrogen-bond donors (Lipinski definition) is 1. The van der Waals surface area contributed by atoms with E-state index in [4.69, 9.17) is 0 Å². The van der Waals surface area contributed by atoms with Crippen LogP contribution in [0.2, 0.25) is 0 Å². The van der Waals surface area contributed by atoms with Crippen LogP contribution in [0.25, 0.3) is 11.2 Å². The molecule has 0 atom stereocenters. The Hall–Kier alpha value is -1.93. The quantitative estimate of drug-likeness (QED) is 0.760. The summed E-state index contributed by atoms with van der Waals surface area (Å²) in [5.41, 5.74) is -0.127. The number of rotatable bonds is 6. The molecule has 0 spiro atoms. The molecule has 0 amide bonds. The lowest BCUT2D eigenvalue weighted by Crippen LogP contribution is -2.38. The summed E-state index contributed by atoms with van der Waals surface area (Å²) in [6.45, 7) is 6.99. The molecule has 22 heavy (non-hydrogen) atoms. The molecule has 0 saturated carbocycles. The van der Waals surface area contributed by atoms with Gasteiger partial charge >= 0.3 is 5.69 Å². The average molecular weight is 309 g/mol. The van der Waals surface area contributed by atoms with Crippen molar-refractivity contribution in [2.45, 2.75) is 27.0 Å². The molecule has 0 aliphatic rings. The van der Waals surface area contributed by atoms with E-state index in [-0.39, 0.29) is 12.2 Å². The van der Waals surface area contributed by atoms with Crippen LogP contribution in [-0.2, 0) is 27.2 Å². The maximum atomic E-state index is 12.4. The Kier molecular flexibility index (Phi) is 4.82. The molecule has 122 valence electrons. The number of imidazole rings is 1. The van der Waals surface area contributed by atoms with Gasteiger partial charge in [-0.1, -0.05) is 13.8 Å². The lowest BCUT2D eigenvalue weighted by atomic mass is 10.4. The fraction of sp³-hybridized carbons (Fsp3) is 0.643. The van der Waals surface area contributed by atoms with Gasteiger partial charge in [0.25, 0.3) is 5.56 Å². The Morgan fingerprint density at radius 3 is 2.32 bits per heavy atom. The summed E-state index contributed by atoms with van der Waals surface area (Å²) in [6, 6.07) is 0. The van der Waals surface area contributed by atoms with Crippen LogP contribution >= 0.6 is 0 Å². The summed E-state index contributed by atoms with van der Waals surface area (Å²) < 4.78 is 4.12. The first-order valence-corrected chi connectivity index (χ1v) is 7.44. The summed E-state index contributed by atoms with van der Waals surface area (Å²) in [4.78, 5) is 30.9. The normalized spacial score (nSPS) is 11.7.